The maximum atomic E-state index is 12.8. The molecule has 0 fully saturated rings. The van der Waals surface area contributed by atoms with E-state index in [1.165, 1.54) is 0 Å². The summed E-state index contributed by atoms with van der Waals surface area (Å²) in [5, 5.41) is 8.58. The molecule has 1 aromatic rings. The Morgan fingerprint density at radius 1 is 1.19 bits per heavy atom. The molecular formula is C10H8BrCl2F5O2S. The van der Waals surface area contributed by atoms with E-state index in [1.807, 2.05) is 0 Å². The fourth-order valence-corrected chi connectivity index (χ4v) is 3.48. The molecule has 0 aliphatic carbocycles. The van der Waals surface area contributed by atoms with Crippen LogP contribution in [0, 0.1) is 0 Å². The van der Waals surface area contributed by atoms with Crippen LogP contribution in [0.15, 0.2) is 27.6 Å². The molecule has 0 saturated carbocycles. The summed E-state index contributed by atoms with van der Waals surface area (Å²) in [6.45, 7) is 0. The topological polar surface area (TPSA) is 37.3 Å². The van der Waals surface area contributed by atoms with E-state index in [0.29, 0.717) is 0 Å². The number of carboxylic acid groups (broad SMARTS) is 1. The van der Waals surface area contributed by atoms with Gasteiger partial charge in [-0.3, -0.25) is 4.79 Å². The van der Waals surface area contributed by atoms with E-state index in [4.69, 9.17) is 28.3 Å². The lowest BCUT2D eigenvalue weighted by Crippen LogP contribution is -2.21. The minimum Gasteiger partial charge on any atom is -0.481 e. The first-order valence-electron chi connectivity index (χ1n) is 5.12. The van der Waals surface area contributed by atoms with Crippen molar-refractivity contribution in [1.82, 2.24) is 0 Å². The number of carboxylic acids is 1. The highest BCUT2D eigenvalue weighted by Crippen LogP contribution is 3.02. The fraction of sp³-hybridized carbons (Fsp3) is 0.300. The van der Waals surface area contributed by atoms with E-state index in [1.54, 1.807) is 0 Å². The zero-order chi connectivity index (χ0) is 16.8. The van der Waals surface area contributed by atoms with E-state index in [-0.39, 0.29) is 22.2 Å². The van der Waals surface area contributed by atoms with Gasteiger partial charge in [0.15, 0.2) is 0 Å². The Bertz CT molecular complexity index is 591. The summed E-state index contributed by atoms with van der Waals surface area (Å²) in [4.78, 5) is 8.43. The number of aliphatic carboxylic acids is 1. The van der Waals surface area contributed by atoms with Crippen molar-refractivity contribution in [3.05, 3.63) is 28.2 Å². The predicted molar refractivity (Wildman–Crippen MR) is 75.9 cm³/mol. The van der Waals surface area contributed by atoms with Crippen LogP contribution in [-0.4, -0.2) is 15.4 Å². The number of carbonyl (C=O) groups is 1. The van der Waals surface area contributed by atoms with Gasteiger partial charge in [-0.05, 0) is 23.8 Å². The third-order valence-corrected chi connectivity index (χ3v) is 4.37. The molecule has 0 atom stereocenters. The molecular weight excluding hydrogens is 430 g/mol. The highest BCUT2D eigenvalue weighted by Gasteiger charge is 2.65. The lowest BCUT2D eigenvalue weighted by atomic mass is 10.1. The van der Waals surface area contributed by atoms with Gasteiger partial charge in [0, 0.05) is 10.9 Å². The second kappa shape index (κ2) is 4.87. The van der Waals surface area contributed by atoms with Gasteiger partial charge in [-0.25, -0.2) is 0 Å². The molecule has 0 radical (unpaired) electrons. The number of benzene rings is 1. The fourth-order valence-electron chi connectivity index (χ4n) is 1.53. The number of hydrogen-bond donors (Lipinski definition) is 1. The van der Waals surface area contributed by atoms with Crippen molar-refractivity contribution in [2.75, 3.05) is 0 Å². The van der Waals surface area contributed by atoms with Crippen LogP contribution in [0.2, 0.25) is 0 Å². The van der Waals surface area contributed by atoms with Crippen LogP contribution in [0.1, 0.15) is 12.0 Å². The molecule has 0 aliphatic heterocycles. The van der Waals surface area contributed by atoms with Crippen molar-refractivity contribution in [3.8, 4) is 0 Å². The maximum Gasteiger partial charge on any atom is 0.310 e. The maximum absolute atomic E-state index is 12.8. The molecule has 0 saturated heterocycles. The molecule has 1 N–H and O–H groups in total. The van der Waals surface area contributed by atoms with Gasteiger partial charge in [-0.2, -0.15) is 0 Å². The lowest BCUT2D eigenvalue weighted by Gasteiger charge is -2.41. The SMILES string of the molecule is O=C(O)CC(Cl)(Cl)Cc1cc(Br)cc(S(F)(F)(F)(F)F)c1. The Morgan fingerprint density at radius 2 is 1.71 bits per heavy atom. The van der Waals surface area contributed by atoms with Gasteiger partial charge in [0.1, 0.15) is 9.23 Å². The summed E-state index contributed by atoms with van der Waals surface area (Å²) < 4.78 is 61.7. The Hall–Kier alpha value is -0.250. The van der Waals surface area contributed by atoms with E-state index in [2.05, 4.69) is 15.9 Å². The summed E-state index contributed by atoms with van der Waals surface area (Å²) in [5.74, 6) is -1.37. The van der Waals surface area contributed by atoms with E-state index in [9.17, 15) is 24.2 Å². The van der Waals surface area contributed by atoms with Crippen molar-refractivity contribution in [3.63, 3.8) is 0 Å². The monoisotopic (exact) mass is 436 g/mol. The number of hydrogen-bond acceptors (Lipinski definition) is 1. The van der Waals surface area contributed by atoms with Crippen molar-refractivity contribution in [2.24, 2.45) is 0 Å². The van der Waals surface area contributed by atoms with Crippen LogP contribution in [0.25, 0.3) is 0 Å². The summed E-state index contributed by atoms with van der Waals surface area (Å²) in [7, 11) is -9.85. The van der Waals surface area contributed by atoms with Gasteiger partial charge < -0.3 is 5.11 Å². The number of halogens is 8. The first-order valence-corrected chi connectivity index (χ1v) is 8.62. The minimum absolute atomic E-state index is 0.216. The molecule has 21 heavy (non-hydrogen) atoms. The Labute approximate surface area is 135 Å². The standard InChI is InChI=1S/C10H8BrCl2F5O2S/c11-7-1-6(4-10(12,13)5-9(19)20)2-8(3-7)21(14,15,16,17)18/h1-3H,4-5H2,(H,19,20). The smallest absolute Gasteiger partial charge is 0.310 e. The van der Waals surface area contributed by atoms with Crippen LogP contribution in [0.5, 0.6) is 0 Å². The number of rotatable bonds is 5. The van der Waals surface area contributed by atoms with E-state index in [0.717, 1.165) is 6.07 Å². The Morgan fingerprint density at radius 3 is 2.14 bits per heavy atom. The van der Waals surface area contributed by atoms with E-state index >= 15 is 0 Å². The van der Waals surface area contributed by atoms with Crippen molar-refractivity contribution in [2.45, 2.75) is 22.1 Å². The molecule has 0 unspecified atom stereocenters. The van der Waals surface area contributed by atoms with Gasteiger partial charge in [-0.15, -0.1) is 23.2 Å². The molecule has 1 aromatic carbocycles. The van der Waals surface area contributed by atoms with Crippen molar-refractivity contribution < 1.29 is 29.3 Å². The van der Waals surface area contributed by atoms with Gasteiger partial charge in [0.05, 0.1) is 6.42 Å². The largest absolute Gasteiger partial charge is 0.481 e. The Balaban J connectivity index is 3.25. The van der Waals surface area contributed by atoms with Gasteiger partial charge in [-0.1, -0.05) is 35.4 Å². The summed E-state index contributed by atoms with van der Waals surface area (Å²) in [6, 6.07) is 1.56. The van der Waals surface area contributed by atoms with Crippen LogP contribution < -0.4 is 0 Å². The predicted octanol–water partition coefficient (Wildman–Crippen LogP) is 6.30. The molecule has 11 heteroatoms. The molecule has 1 rings (SSSR count). The summed E-state index contributed by atoms with van der Waals surface area (Å²) in [6.07, 6.45) is -1.29. The zero-order valence-electron chi connectivity index (χ0n) is 9.93. The molecule has 0 spiro atoms. The minimum atomic E-state index is -9.85. The quantitative estimate of drug-likeness (QED) is 0.433. The molecule has 122 valence electrons. The first-order chi connectivity index (χ1) is 8.98. The third kappa shape index (κ3) is 6.17. The van der Waals surface area contributed by atoms with Gasteiger partial charge in [0.2, 0.25) is 0 Å². The van der Waals surface area contributed by atoms with Crippen LogP contribution >= 0.6 is 49.4 Å². The second-order valence-corrected chi connectivity index (χ2v) is 9.33. The first kappa shape index (κ1) is 18.8. The number of alkyl halides is 2. The molecule has 0 aliphatic rings. The summed E-state index contributed by atoms with van der Waals surface area (Å²) >= 11 is 14.0. The Kier molecular flexibility index (Phi) is 4.36. The van der Waals surface area contributed by atoms with Gasteiger partial charge >= 0.3 is 16.2 Å². The van der Waals surface area contributed by atoms with E-state index < -0.39 is 38.3 Å². The van der Waals surface area contributed by atoms with Crippen molar-refractivity contribution >= 4 is 55.3 Å². The molecule has 0 heterocycles. The highest BCUT2D eigenvalue weighted by atomic mass is 79.9. The van der Waals surface area contributed by atoms with Crippen LogP contribution in [0.4, 0.5) is 19.4 Å². The molecule has 0 aromatic heterocycles. The normalized spacial score (nSPS) is 16.2. The average Bonchev–Trinajstić information content (AvgIpc) is 2.08. The van der Waals surface area contributed by atoms with Crippen LogP contribution in [-0.2, 0) is 11.2 Å². The molecule has 0 amide bonds. The lowest BCUT2D eigenvalue weighted by molar-refractivity contribution is -0.137. The average molecular weight is 438 g/mol. The molecule has 0 bridgehead atoms. The third-order valence-electron chi connectivity index (χ3n) is 2.25. The van der Waals surface area contributed by atoms with Gasteiger partial charge in [0.25, 0.3) is 0 Å². The van der Waals surface area contributed by atoms with Crippen molar-refractivity contribution in [1.29, 1.82) is 0 Å². The summed E-state index contributed by atoms with van der Waals surface area (Å²) in [5.41, 5.74) is -0.265. The highest BCUT2D eigenvalue weighted by molar-refractivity contribution is 9.10. The second-order valence-electron chi connectivity index (χ2n) is 4.37. The molecule has 2 nitrogen and oxygen atoms in total. The zero-order valence-corrected chi connectivity index (χ0v) is 13.8. The van der Waals surface area contributed by atoms with Crippen LogP contribution in [0.3, 0.4) is 0 Å².